The molecule has 0 heterocycles. The topological polar surface area (TPSA) is 80.7 Å². The monoisotopic (exact) mass is 262 g/mol. The summed E-state index contributed by atoms with van der Waals surface area (Å²) in [6.45, 7) is 0. The van der Waals surface area contributed by atoms with E-state index >= 15 is 0 Å². The van der Waals surface area contributed by atoms with Crippen LogP contribution in [0.2, 0.25) is 0 Å². The second-order valence-corrected chi connectivity index (χ2v) is 5.25. The highest BCUT2D eigenvalue weighted by molar-refractivity contribution is 7.92. The van der Waals surface area contributed by atoms with Crippen molar-refractivity contribution in [1.82, 2.24) is 0 Å². The van der Waals surface area contributed by atoms with Gasteiger partial charge in [-0.3, -0.25) is 4.79 Å². The number of carboxylic acids is 1. The lowest BCUT2D eigenvalue weighted by Gasteiger charge is -2.11. The third-order valence-electron chi connectivity index (χ3n) is 2.05. The molecule has 0 aliphatic carbocycles. The molecule has 0 bridgehead atoms. The van der Waals surface area contributed by atoms with Gasteiger partial charge in [-0.1, -0.05) is 12.1 Å². The van der Waals surface area contributed by atoms with Gasteiger partial charge in [-0.2, -0.15) is 0 Å². The maximum atomic E-state index is 13.4. The van der Waals surface area contributed by atoms with E-state index in [2.05, 4.69) is 0 Å². The molecule has 0 aromatic heterocycles. The van der Waals surface area contributed by atoms with Gasteiger partial charge in [-0.25, -0.2) is 12.8 Å². The van der Waals surface area contributed by atoms with Crippen LogP contribution < -0.4 is 4.74 Å². The summed E-state index contributed by atoms with van der Waals surface area (Å²) in [4.78, 5) is 9.96. The molecule has 0 aliphatic heterocycles. The summed E-state index contributed by atoms with van der Waals surface area (Å²) in [5.74, 6) is -1.53. The number of halogens is 1. The second-order valence-electron chi connectivity index (χ2n) is 3.20. The number of carbonyl (C=O) groups is 1. The van der Waals surface area contributed by atoms with Gasteiger partial charge < -0.3 is 9.84 Å². The lowest BCUT2D eigenvalue weighted by atomic mass is 10.3. The van der Waals surface area contributed by atoms with Crippen molar-refractivity contribution < 1.29 is 27.4 Å². The first-order chi connectivity index (χ1) is 7.89. The van der Waals surface area contributed by atoms with E-state index in [1.807, 2.05) is 0 Å². The van der Waals surface area contributed by atoms with Gasteiger partial charge in [0.15, 0.2) is 0 Å². The summed E-state index contributed by atoms with van der Waals surface area (Å²) in [7, 11) is -3.10. The Morgan fingerprint density at radius 1 is 1.47 bits per heavy atom. The predicted molar refractivity (Wildman–Crippen MR) is 57.3 cm³/mol. The number of para-hydroxylation sites is 1. The Balaban J connectivity index is 3.17. The Morgan fingerprint density at radius 2 is 2.06 bits per heavy atom. The minimum Gasteiger partial charge on any atom is -0.495 e. The molecule has 1 atom stereocenters. The molecule has 0 radical (unpaired) electrons. The van der Waals surface area contributed by atoms with Gasteiger partial charge in [0.25, 0.3) is 0 Å². The number of sulfone groups is 1. The summed E-state index contributed by atoms with van der Waals surface area (Å²) in [5.41, 5.74) is -2.49. The average Bonchev–Trinajstić information content (AvgIpc) is 2.28. The van der Waals surface area contributed by atoms with Crippen LogP contribution in [0.15, 0.2) is 29.2 Å². The van der Waals surface area contributed by atoms with Crippen LogP contribution >= 0.6 is 0 Å². The molecule has 1 N–H and O–H groups in total. The average molecular weight is 262 g/mol. The van der Waals surface area contributed by atoms with Crippen molar-refractivity contribution in [3.05, 3.63) is 24.3 Å². The summed E-state index contributed by atoms with van der Waals surface area (Å²) in [6.07, 6.45) is -1.10. The lowest BCUT2D eigenvalue weighted by molar-refractivity contribution is -0.137. The van der Waals surface area contributed by atoms with Crippen molar-refractivity contribution in [3.63, 3.8) is 0 Å². The second kappa shape index (κ2) is 5.13. The molecular formula is C10H11FO5S. The number of hydrogen-bond donors (Lipinski definition) is 1. The van der Waals surface area contributed by atoms with Crippen LogP contribution in [0, 0.1) is 0 Å². The van der Waals surface area contributed by atoms with Crippen molar-refractivity contribution >= 4 is 15.8 Å². The van der Waals surface area contributed by atoms with Gasteiger partial charge in [0.1, 0.15) is 10.6 Å². The van der Waals surface area contributed by atoms with E-state index in [0.29, 0.717) is 0 Å². The zero-order chi connectivity index (χ0) is 13.1. The van der Waals surface area contributed by atoms with Crippen molar-refractivity contribution in [2.75, 3.05) is 7.11 Å². The number of methoxy groups -OCH3 is 1. The quantitative estimate of drug-likeness (QED) is 0.863. The van der Waals surface area contributed by atoms with Crippen LogP contribution in [-0.4, -0.2) is 32.1 Å². The van der Waals surface area contributed by atoms with E-state index in [4.69, 9.17) is 9.84 Å². The number of benzene rings is 1. The third-order valence-corrected chi connectivity index (χ3v) is 3.84. The fourth-order valence-electron chi connectivity index (χ4n) is 1.24. The Hall–Kier alpha value is -1.63. The van der Waals surface area contributed by atoms with Crippen molar-refractivity contribution in [2.45, 2.75) is 16.8 Å². The number of aliphatic carboxylic acids is 1. The fraction of sp³-hybridized carbons (Fsp3) is 0.300. The van der Waals surface area contributed by atoms with E-state index in [1.165, 1.54) is 31.4 Å². The Morgan fingerprint density at radius 3 is 2.59 bits per heavy atom. The van der Waals surface area contributed by atoms with E-state index in [-0.39, 0.29) is 10.6 Å². The molecule has 0 saturated carbocycles. The van der Waals surface area contributed by atoms with Gasteiger partial charge in [-0.15, -0.1) is 0 Å². The molecule has 17 heavy (non-hydrogen) atoms. The van der Waals surface area contributed by atoms with E-state index in [1.54, 1.807) is 0 Å². The summed E-state index contributed by atoms with van der Waals surface area (Å²) in [6, 6.07) is 5.47. The van der Waals surface area contributed by atoms with Gasteiger partial charge in [0, 0.05) is 0 Å². The smallest absolute Gasteiger partial charge is 0.307 e. The maximum absolute atomic E-state index is 13.4. The number of rotatable bonds is 5. The van der Waals surface area contributed by atoms with Gasteiger partial charge in [-0.05, 0) is 12.1 Å². The fourth-order valence-corrected chi connectivity index (χ4v) is 2.58. The number of hydrogen-bond acceptors (Lipinski definition) is 4. The highest BCUT2D eigenvalue weighted by atomic mass is 32.2. The van der Waals surface area contributed by atoms with Gasteiger partial charge >= 0.3 is 5.97 Å². The van der Waals surface area contributed by atoms with E-state index < -0.39 is 27.7 Å². The molecule has 1 unspecified atom stereocenters. The molecule has 1 aromatic carbocycles. The van der Waals surface area contributed by atoms with Crippen molar-refractivity contribution in [2.24, 2.45) is 0 Å². The third kappa shape index (κ3) is 2.94. The highest BCUT2D eigenvalue weighted by Crippen LogP contribution is 2.28. The SMILES string of the molecule is COc1ccccc1S(=O)(=O)C(F)CC(=O)O. The highest BCUT2D eigenvalue weighted by Gasteiger charge is 2.31. The zero-order valence-electron chi connectivity index (χ0n) is 8.96. The number of carboxylic acid groups (broad SMARTS) is 1. The molecular weight excluding hydrogens is 251 g/mol. The van der Waals surface area contributed by atoms with Crippen LogP contribution in [0.3, 0.4) is 0 Å². The molecule has 94 valence electrons. The molecule has 5 nitrogen and oxygen atoms in total. The molecule has 0 aliphatic rings. The summed E-state index contributed by atoms with van der Waals surface area (Å²) >= 11 is 0. The van der Waals surface area contributed by atoms with Crippen molar-refractivity contribution in [1.29, 1.82) is 0 Å². The molecule has 0 fully saturated rings. The Bertz CT molecular complexity index is 511. The van der Waals surface area contributed by atoms with Crippen molar-refractivity contribution in [3.8, 4) is 5.75 Å². The minimum absolute atomic E-state index is 0.0134. The standard InChI is InChI=1S/C10H11FO5S/c1-16-7-4-2-3-5-8(7)17(14,15)9(11)6-10(12)13/h2-5,9H,6H2,1H3,(H,12,13). The minimum atomic E-state index is -4.35. The largest absolute Gasteiger partial charge is 0.495 e. The Labute approximate surface area is 97.8 Å². The first kappa shape index (κ1) is 13.4. The van der Waals surface area contributed by atoms with Crippen LogP contribution in [0.4, 0.5) is 4.39 Å². The molecule has 7 heteroatoms. The molecule has 0 amide bonds. The maximum Gasteiger partial charge on any atom is 0.307 e. The van der Waals surface area contributed by atoms with Crippen LogP contribution in [0.25, 0.3) is 0 Å². The van der Waals surface area contributed by atoms with Crippen LogP contribution in [0.1, 0.15) is 6.42 Å². The number of ether oxygens (including phenoxy) is 1. The van der Waals surface area contributed by atoms with Gasteiger partial charge in [0.2, 0.25) is 15.3 Å². The summed E-state index contributed by atoms with van der Waals surface area (Å²) in [5, 5.41) is 8.38. The lowest BCUT2D eigenvalue weighted by Crippen LogP contribution is -2.20. The van der Waals surface area contributed by atoms with Gasteiger partial charge in [0.05, 0.1) is 13.5 Å². The van der Waals surface area contributed by atoms with Crippen LogP contribution in [0.5, 0.6) is 5.75 Å². The first-order valence-electron chi connectivity index (χ1n) is 4.62. The normalized spacial score (nSPS) is 13.1. The predicted octanol–water partition coefficient (Wildman–Crippen LogP) is 1.24. The van der Waals surface area contributed by atoms with E-state index in [0.717, 1.165) is 0 Å². The molecule has 1 aromatic rings. The van der Waals surface area contributed by atoms with E-state index in [9.17, 15) is 17.6 Å². The first-order valence-corrected chi connectivity index (χ1v) is 6.17. The molecule has 1 rings (SSSR count). The number of alkyl halides is 1. The summed E-state index contributed by atoms with van der Waals surface area (Å²) < 4.78 is 41.7. The Kier molecular flexibility index (Phi) is 4.06. The zero-order valence-corrected chi connectivity index (χ0v) is 9.78. The molecule has 0 spiro atoms. The van der Waals surface area contributed by atoms with Crippen LogP contribution in [-0.2, 0) is 14.6 Å². The molecule has 0 saturated heterocycles.